The van der Waals surface area contributed by atoms with Crippen molar-refractivity contribution >= 4 is 11.9 Å². The predicted octanol–water partition coefficient (Wildman–Crippen LogP) is 1.86. The molecule has 0 radical (unpaired) electrons. The van der Waals surface area contributed by atoms with Crippen LogP contribution in [0.4, 0.5) is 13.2 Å². The van der Waals surface area contributed by atoms with Gasteiger partial charge in [0.2, 0.25) is 0 Å². The van der Waals surface area contributed by atoms with Crippen LogP contribution in [0.1, 0.15) is 5.56 Å². The summed E-state index contributed by atoms with van der Waals surface area (Å²) in [5, 5.41) is 11.1. The highest BCUT2D eigenvalue weighted by molar-refractivity contribution is 5.84. The number of halogens is 3. The fourth-order valence-electron chi connectivity index (χ4n) is 1.57. The van der Waals surface area contributed by atoms with Crippen molar-refractivity contribution in [2.45, 2.75) is 12.2 Å². The minimum absolute atomic E-state index is 0.0490. The normalized spacial score (nSPS) is 12.3. The van der Waals surface area contributed by atoms with Crippen LogP contribution in [-0.2, 0) is 20.5 Å². The number of hydrogen-bond acceptors (Lipinski definition) is 4. The van der Waals surface area contributed by atoms with Crippen LogP contribution in [0.15, 0.2) is 36.9 Å². The van der Waals surface area contributed by atoms with Gasteiger partial charge in [-0.05, 0) is 24.3 Å². The highest BCUT2D eigenvalue weighted by Crippen LogP contribution is 2.30. The molecule has 24 heavy (non-hydrogen) atoms. The Morgan fingerprint density at radius 3 is 2.42 bits per heavy atom. The zero-order chi connectivity index (χ0) is 18.2. The Morgan fingerprint density at radius 2 is 1.92 bits per heavy atom. The van der Waals surface area contributed by atoms with E-state index in [1.165, 1.54) is 6.08 Å². The Kier molecular flexibility index (Phi) is 7.25. The molecule has 0 saturated carbocycles. The largest absolute Gasteiger partial charge is 0.484 e. The van der Waals surface area contributed by atoms with E-state index in [1.54, 1.807) is 0 Å². The molecular weight excluding hydrogens is 331 g/mol. The highest BCUT2D eigenvalue weighted by Gasteiger charge is 2.30. The van der Waals surface area contributed by atoms with Crippen molar-refractivity contribution in [2.24, 2.45) is 0 Å². The van der Waals surface area contributed by atoms with Crippen LogP contribution >= 0.6 is 0 Å². The fraction of sp³-hybridized carbons (Fsp3) is 0.333. The molecule has 1 aromatic rings. The van der Waals surface area contributed by atoms with Gasteiger partial charge in [-0.2, -0.15) is 13.2 Å². The first-order valence-corrected chi connectivity index (χ1v) is 6.75. The van der Waals surface area contributed by atoms with Gasteiger partial charge < -0.3 is 19.9 Å². The van der Waals surface area contributed by atoms with E-state index in [2.05, 4.69) is 11.9 Å². The zero-order valence-electron chi connectivity index (χ0n) is 12.5. The number of carboxylic acid groups (broad SMARTS) is 1. The summed E-state index contributed by atoms with van der Waals surface area (Å²) in [7, 11) is 0. The Hall–Kier alpha value is -2.55. The molecular formula is C15H16F3NO5. The van der Waals surface area contributed by atoms with Gasteiger partial charge in [0.1, 0.15) is 5.75 Å². The van der Waals surface area contributed by atoms with Crippen molar-refractivity contribution in [1.82, 2.24) is 5.32 Å². The second-order valence-corrected chi connectivity index (χ2v) is 4.60. The number of carboxylic acids is 1. The lowest BCUT2D eigenvalue weighted by Gasteiger charge is -2.15. The van der Waals surface area contributed by atoms with E-state index in [1.807, 2.05) is 0 Å². The van der Waals surface area contributed by atoms with E-state index in [4.69, 9.17) is 14.6 Å². The third-order valence-corrected chi connectivity index (χ3v) is 2.71. The molecule has 1 rings (SSSR count). The van der Waals surface area contributed by atoms with Crippen LogP contribution in [0, 0.1) is 0 Å². The molecule has 132 valence electrons. The van der Waals surface area contributed by atoms with Gasteiger partial charge in [0, 0.05) is 0 Å². The molecule has 1 aromatic carbocycles. The van der Waals surface area contributed by atoms with E-state index >= 15 is 0 Å². The average molecular weight is 347 g/mol. The van der Waals surface area contributed by atoms with Gasteiger partial charge in [0.05, 0.1) is 18.8 Å². The zero-order valence-corrected chi connectivity index (χ0v) is 12.5. The second-order valence-electron chi connectivity index (χ2n) is 4.60. The first-order chi connectivity index (χ1) is 11.2. The Labute approximate surface area is 135 Å². The van der Waals surface area contributed by atoms with Crippen LogP contribution in [-0.4, -0.2) is 42.8 Å². The van der Waals surface area contributed by atoms with Crippen molar-refractivity contribution in [3.05, 3.63) is 42.5 Å². The molecule has 2 N–H and O–H groups in total. The number of benzene rings is 1. The summed E-state index contributed by atoms with van der Waals surface area (Å²) in [4.78, 5) is 22.6. The SMILES string of the molecule is C=CCOCC(NC(=O)COc1ccc(C(F)(F)F)cc1)C(=O)O. The van der Waals surface area contributed by atoms with Gasteiger partial charge in [0.15, 0.2) is 12.6 Å². The third kappa shape index (κ3) is 6.69. The van der Waals surface area contributed by atoms with E-state index < -0.39 is 36.3 Å². The van der Waals surface area contributed by atoms with E-state index in [9.17, 15) is 22.8 Å². The number of rotatable bonds is 9. The predicted molar refractivity (Wildman–Crippen MR) is 77.5 cm³/mol. The van der Waals surface area contributed by atoms with Gasteiger partial charge >= 0.3 is 12.1 Å². The number of hydrogen-bond donors (Lipinski definition) is 2. The number of carbonyl (C=O) groups excluding carboxylic acids is 1. The summed E-state index contributed by atoms with van der Waals surface area (Å²) in [6.45, 7) is 2.72. The number of nitrogens with one attached hydrogen (secondary N) is 1. The molecule has 0 saturated heterocycles. The average Bonchev–Trinajstić information content (AvgIpc) is 2.51. The lowest BCUT2D eigenvalue weighted by Crippen LogP contribution is -2.45. The summed E-state index contributed by atoms with van der Waals surface area (Å²) in [6, 6.07) is 2.50. The minimum atomic E-state index is -4.46. The third-order valence-electron chi connectivity index (χ3n) is 2.71. The first-order valence-electron chi connectivity index (χ1n) is 6.75. The Morgan fingerprint density at radius 1 is 1.29 bits per heavy atom. The lowest BCUT2D eigenvalue weighted by molar-refractivity contribution is -0.143. The molecule has 1 unspecified atom stereocenters. The maximum atomic E-state index is 12.4. The molecule has 0 aromatic heterocycles. The van der Waals surface area contributed by atoms with Gasteiger partial charge in [-0.25, -0.2) is 4.79 Å². The Balaban J connectivity index is 2.49. The van der Waals surface area contributed by atoms with Crippen LogP contribution in [0.3, 0.4) is 0 Å². The number of aliphatic carboxylic acids is 1. The molecule has 1 atom stereocenters. The number of amides is 1. The topological polar surface area (TPSA) is 84.9 Å². The summed E-state index contributed by atoms with van der Waals surface area (Å²) in [5.74, 6) is -1.99. The van der Waals surface area contributed by atoms with Gasteiger partial charge in [-0.15, -0.1) is 6.58 Å². The lowest BCUT2D eigenvalue weighted by atomic mass is 10.2. The maximum Gasteiger partial charge on any atom is 0.416 e. The van der Waals surface area contributed by atoms with Gasteiger partial charge in [-0.3, -0.25) is 4.79 Å². The molecule has 0 spiro atoms. The number of ether oxygens (including phenoxy) is 2. The molecule has 0 bridgehead atoms. The molecule has 0 aliphatic heterocycles. The smallest absolute Gasteiger partial charge is 0.416 e. The van der Waals surface area contributed by atoms with E-state index in [0.717, 1.165) is 24.3 Å². The second kappa shape index (κ2) is 8.92. The first kappa shape index (κ1) is 19.5. The monoisotopic (exact) mass is 347 g/mol. The van der Waals surface area contributed by atoms with Crippen molar-refractivity contribution in [2.75, 3.05) is 19.8 Å². The standard InChI is InChI=1S/C15H16F3NO5/c1-2-7-23-8-12(14(21)22)19-13(20)9-24-11-5-3-10(4-6-11)15(16,17)18/h2-6,12H,1,7-9H2,(H,19,20)(H,21,22). The van der Waals surface area contributed by atoms with E-state index in [-0.39, 0.29) is 19.0 Å². The Bertz CT molecular complexity index is 571. The fourth-order valence-corrected chi connectivity index (χ4v) is 1.57. The van der Waals surface area contributed by atoms with Gasteiger partial charge in [-0.1, -0.05) is 6.08 Å². The number of alkyl halides is 3. The molecule has 0 fully saturated rings. The summed E-state index contributed by atoms with van der Waals surface area (Å²) in [5.41, 5.74) is -0.843. The molecule has 6 nitrogen and oxygen atoms in total. The van der Waals surface area contributed by atoms with Crippen molar-refractivity contribution in [3.63, 3.8) is 0 Å². The van der Waals surface area contributed by atoms with Crippen molar-refractivity contribution in [1.29, 1.82) is 0 Å². The van der Waals surface area contributed by atoms with Crippen LogP contribution < -0.4 is 10.1 Å². The summed E-state index contributed by atoms with van der Waals surface area (Å²) < 4.78 is 47.2. The van der Waals surface area contributed by atoms with Gasteiger partial charge in [0.25, 0.3) is 5.91 Å². The van der Waals surface area contributed by atoms with Crippen molar-refractivity contribution in [3.8, 4) is 5.75 Å². The quantitative estimate of drug-likeness (QED) is 0.526. The minimum Gasteiger partial charge on any atom is -0.484 e. The maximum absolute atomic E-state index is 12.4. The molecule has 0 heterocycles. The highest BCUT2D eigenvalue weighted by atomic mass is 19.4. The molecule has 0 aliphatic rings. The molecule has 1 amide bonds. The van der Waals surface area contributed by atoms with E-state index in [0.29, 0.717) is 0 Å². The van der Waals surface area contributed by atoms with Crippen molar-refractivity contribution < 1.29 is 37.3 Å². The van der Waals surface area contributed by atoms with Crippen LogP contribution in [0.25, 0.3) is 0 Å². The van der Waals surface area contributed by atoms with Crippen LogP contribution in [0.2, 0.25) is 0 Å². The molecule has 9 heteroatoms. The summed E-state index contributed by atoms with van der Waals surface area (Å²) >= 11 is 0. The molecule has 0 aliphatic carbocycles. The summed E-state index contributed by atoms with van der Waals surface area (Å²) in [6.07, 6.45) is -3.04. The van der Waals surface area contributed by atoms with Crippen LogP contribution in [0.5, 0.6) is 5.75 Å². The number of carbonyl (C=O) groups is 2.